The zero-order valence-electron chi connectivity index (χ0n) is 12.8. The monoisotopic (exact) mass is 290 g/mol. The molecular formula is C17H26N2O2. The lowest BCUT2D eigenvalue weighted by Crippen LogP contribution is -2.35. The Labute approximate surface area is 127 Å². The number of hydrogen-bond acceptors (Lipinski definition) is 3. The second-order valence-corrected chi connectivity index (χ2v) is 5.78. The highest BCUT2D eigenvalue weighted by molar-refractivity contribution is 5.93. The second kappa shape index (κ2) is 8.15. The molecule has 1 aromatic carbocycles. The number of hydrogen-bond donors (Lipinski definition) is 2. The van der Waals surface area contributed by atoms with Crippen LogP contribution < -0.4 is 11.1 Å². The van der Waals surface area contributed by atoms with E-state index in [1.807, 2.05) is 24.3 Å². The summed E-state index contributed by atoms with van der Waals surface area (Å²) in [6.45, 7) is 1.26. The summed E-state index contributed by atoms with van der Waals surface area (Å²) in [6, 6.07) is 7.94. The molecule has 0 spiro atoms. The zero-order chi connectivity index (χ0) is 15.1. The molecule has 1 fully saturated rings. The maximum Gasteiger partial charge on any atom is 0.227 e. The normalized spacial score (nSPS) is 22.0. The van der Waals surface area contributed by atoms with Crippen molar-refractivity contribution in [1.29, 1.82) is 0 Å². The maximum absolute atomic E-state index is 12.6. The first kappa shape index (κ1) is 16.0. The summed E-state index contributed by atoms with van der Waals surface area (Å²) in [5.41, 5.74) is 7.85. The maximum atomic E-state index is 12.6. The number of rotatable bonds is 6. The van der Waals surface area contributed by atoms with Crippen LogP contribution in [-0.2, 0) is 16.0 Å². The number of nitrogens with one attached hydrogen (secondary N) is 1. The Hall–Kier alpha value is -1.39. The fraction of sp³-hybridized carbons (Fsp3) is 0.588. The van der Waals surface area contributed by atoms with Crippen molar-refractivity contribution in [2.45, 2.75) is 32.1 Å². The molecule has 0 aromatic heterocycles. The van der Waals surface area contributed by atoms with Crippen LogP contribution in [0.25, 0.3) is 0 Å². The first-order valence-corrected chi connectivity index (χ1v) is 7.84. The Bertz CT molecular complexity index is 462. The lowest BCUT2D eigenvalue weighted by atomic mass is 9.78. The highest BCUT2D eigenvalue weighted by Crippen LogP contribution is 2.30. The number of carbonyl (C=O) groups is 1. The van der Waals surface area contributed by atoms with Gasteiger partial charge in [-0.2, -0.15) is 0 Å². The number of benzene rings is 1. The smallest absolute Gasteiger partial charge is 0.227 e. The Morgan fingerprint density at radius 1 is 1.33 bits per heavy atom. The zero-order valence-corrected chi connectivity index (χ0v) is 12.8. The van der Waals surface area contributed by atoms with Gasteiger partial charge in [-0.25, -0.2) is 0 Å². The Balaban J connectivity index is 2.04. The van der Waals surface area contributed by atoms with Crippen LogP contribution in [0.5, 0.6) is 0 Å². The van der Waals surface area contributed by atoms with E-state index in [1.54, 1.807) is 7.11 Å². The third kappa shape index (κ3) is 4.29. The lowest BCUT2D eigenvalue weighted by Gasteiger charge is -2.29. The van der Waals surface area contributed by atoms with Gasteiger partial charge in [0.15, 0.2) is 0 Å². The summed E-state index contributed by atoms with van der Waals surface area (Å²) in [7, 11) is 1.69. The van der Waals surface area contributed by atoms with Gasteiger partial charge in [0.25, 0.3) is 0 Å². The Kier molecular flexibility index (Phi) is 6.21. The van der Waals surface area contributed by atoms with Crippen molar-refractivity contribution in [3.63, 3.8) is 0 Å². The van der Waals surface area contributed by atoms with Crippen LogP contribution in [0.2, 0.25) is 0 Å². The third-order valence-corrected chi connectivity index (χ3v) is 4.40. The van der Waals surface area contributed by atoms with Crippen LogP contribution in [0.4, 0.5) is 5.69 Å². The van der Waals surface area contributed by atoms with Gasteiger partial charge in [-0.05, 0) is 43.4 Å². The highest BCUT2D eigenvalue weighted by atomic mass is 16.5. The van der Waals surface area contributed by atoms with Crippen molar-refractivity contribution in [2.24, 2.45) is 17.6 Å². The fourth-order valence-corrected chi connectivity index (χ4v) is 3.13. The minimum absolute atomic E-state index is 0.0548. The van der Waals surface area contributed by atoms with E-state index in [0.717, 1.165) is 36.9 Å². The van der Waals surface area contributed by atoms with Crippen molar-refractivity contribution < 1.29 is 9.53 Å². The van der Waals surface area contributed by atoms with Crippen LogP contribution in [0.15, 0.2) is 24.3 Å². The molecule has 0 radical (unpaired) electrons. The summed E-state index contributed by atoms with van der Waals surface area (Å²) in [5.74, 6) is 0.499. The van der Waals surface area contributed by atoms with Crippen LogP contribution in [0.3, 0.4) is 0 Å². The van der Waals surface area contributed by atoms with E-state index in [-0.39, 0.29) is 11.8 Å². The summed E-state index contributed by atoms with van der Waals surface area (Å²) in [4.78, 5) is 12.6. The number of methoxy groups -OCH3 is 1. The molecule has 116 valence electrons. The molecule has 0 bridgehead atoms. The van der Waals surface area contributed by atoms with Gasteiger partial charge in [0, 0.05) is 18.7 Å². The van der Waals surface area contributed by atoms with E-state index in [9.17, 15) is 4.79 Å². The van der Waals surface area contributed by atoms with Crippen molar-refractivity contribution in [1.82, 2.24) is 0 Å². The standard InChI is InChI=1S/C17H26N2O2/c1-21-11-10-13-6-3-5-9-16(13)19-17(20)15-8-4-2-7-14(15)12-18/h3,5-6,9,14-15H,2,4,7-8,10-12,18H2,1H3,(H,19,20). The molecular weight excluding hydrogens is 264 g/mol. The molecule has 1 aromatic rings. The molecule has 2 unspecified atom stereocenters. The van der Waals surface area contributed by atoms with E-state index < -0.39 is 0 Å². The molecule has 2 rings (SSSR count). The van der Waals surface area contributed by atoms with Crippen molar-refractivity contribution in [2.75, 3.05) is 25.6 Å². The van der Waals surface area contributed by atoms with E-state index in [1.165, 1.54) is 6.42 Å². The molecule has 1 aliphatic rings. The van der Waals surface area contributed by atoms with Gasteiger partial charge >= 0.3 is 0 Å². The molecule has 4 nitrogen and oxygen atoms in total. The SMILES string of the molecule is COCCc1ccccc1NC(=O)C1CCCCC1CN. The molecule has 21 heavy (non-hydrogen) atoms. The van der Waals surface area contributed by atoms with Gasteiger partial charge in [-0.15, -0.1) is 0 Å². The van der Waals surface area contributed by atoms with E-state index in [2.05, 4.69) is 5.32 Å². The Morgan fingerprint density at radius 3 is 2.86 bits per heavy atom. The number of anilines is 1. The van der Waals surface area contributed by atoms with E-state index in [0.29, 0.717) is 19.1 Å². The van der Waals surface area contributed by atoms with Gasteiger partial charge in [0.05, 0.1) is 6.61 Å². The fourth-order valence-electron chi connectivity index (χ4n) is 3.13. The molecule has 1 amide bonds. The average molecular weight is 290 g/mol. The van der Waals surface area contributed by atoms with Gasteiger partial charge in [0.2, 0.25) is 5.91 Å². The average Bonchev–Trinajstić information content (AvgIpc) is 2.54. The molecule has 1 aliphatic carbocycles. The summed E-state index contributed by atoms with van der Waals surface area (Å²) in [6.07, 6.45) is 5.14. The minimum atomic E-state index is 0.0548. The molecule has 0 heterocycles. The first-order chi connectivity index (χ1) is 10.3. The predicted octanol–water partition coefficient (Wildman–Crippen LogP) is 2.58. The van der Waals surface area contributed by atoms with Gasteiger partial charge < -0.3 is 15.8 Å². The predicted molar refractivity (Wildman–Crippen MR) is 85.2 cm³/mol. The summed E-state index contributed by atoms with van der Waals surface area (Å²) in [5, 5.41) is 3.10. The quantitative estimate of drug-likeness (QED) is 0.846. The van der Waals surface area contributed by atoms with Gasteiger partial charge in [-0.3, -0.25) is 4.79 Å². The minimum Gasteiger partial charge on any atom is -0.384 e. The van der Waals surface area contributed by atoms with Crippen LogP contribution >= 0.6 is 0 Å². The molecule has 3 N–H and O–H groups in total. The van der Waals surface area contributed by atoms with Crippen LogP contribution in [0.1, 0.15) is 31.2 Å². The molecule has 4 heteroatoms. The van der Waals surface area contributed by atoms with E-state index in [4.69, 9.17) is 10.5 Å². The van der Waals surface area contributed by atoms with Crippen molar-refractivity contribution in [3.05, 3.63) is 29.8 Å². The molecule has 2 atom stereocenters. The van der Waals surface area contributed by atoms with Gasteiger partial charge in [-0.1, -0.05) is 31.0 Å². The molecule has 0 saturated heterocycles. The molecule has 0 aliphatic heterocycles. The van der Waals surface area contributed by atoms with Crippen LogP contribution in [0, 0.1) is 11.8 Å². The summed E-state index contributed by atoms with van der Waals surface area (Å²) >= 11 is 0. The highest BCUT2D eigenvalue weighted by Gasteiger charge is 2.30. The van der Waals surface area contributed by atoms with Gasteiger partial charge in [0.1, 0.15) is 0 Å². The number of para-hydroxylation sites is 1. The van der Waals surface area contributed by atoms with Crippen LogP contribution in [-0.4, -0.2) is 26.2 Å². The van der Waals surface area contributed by atoms with Crippen molar-refractivity contribution in [3.8, 4) is 0 Å². The second-order valence-electron chi connectivity index (χ2n) is 5.78. The first-order valence-electron chi connectivity index (χ1n) is 7.84. The number of ether oxygens (including phenoxy) is 1. The number of carbonyl (C=O) groups excluding carboxylic acids is 1. The number of amides is 1. The summed E-state index contributed by atoms with van der Waals surface area (Å²) < 4.78 is 5.13. The topological polar surface area (TPSA) is 64.3 Å². The molecule has 1 saturated carbocycles. The van der Waals surface area contributed by atoms with Crippen molar-refractivity contribution >= 4 is 11.6 Å². The Morgan fingerprint density at radius 2 is 2.10 bits per heavy atom. The van der Waals surface area contributed by atoms with E-state index >= 15 is 0 Å². The lowest BCUT2D eigenvalue weighted by molar-refractivity contribution is -0.122. The largest absolute Gasteiger partial charge is 0.384 e. The third-order valence-electron chi connectivity index (χ3n) is 4.40. The number of nitrogens with two attached hydrogens (primary N) is 1.